The molecule has 1 amide bonds. The van der Waals surface area contributed by atoms with Crippen LogP contribution in [-0.2, 0) is 9.47 Å². The monoisotopic (exact) mass is 407 g/mol. The molecule has 1 aromatic rings. The summed E-state index contributed by atoms with van der Waals surface area (Å²) in [7, 11) is 0. The fourth-order valence-corrected chi connectivity index (χ4v) is 3.84. The number of carbonyl (C=O) groups is 1. The Balaban J connectivity index is 2.37. The highest BCUT2D eigenvalue weighted by molar-refractivity contribution is 5.66. The molecular weight excluding hydrogens is 366 g/mol. The Kier molecular flexibility index (Phi) is 11.1. The molecule has 0 aliphatic carbocycles. The van der Waals surface area contributed by atoms with Crippen molar-refractivity contribution in [2.45, 2.75) is 86.4 Å². The zero-order valence-electron chi connectivity index (χ0n) is 19.4. The number of amides is 1. The van der Waals surface area contributed by atoms with Crippen molar-refractivity contribution in [3.05, 3.63) is 29.8 Å². The lowest BCUT2D eigenvalue weighted by molar-refractivity contribution is -0.127. The number of rotatable bonds is 12. The fourth-order valence-electron chi connectivity index (χ4n) is 3.84. The summed E-state index contributed by atoms with van der Waals surface area (Å²) >= 11 is 0. The third kappa shape index (κ3) is 10.0. The number of hydrogen-bond acceptors (Lipinski definition) is 4. The van der Waals surface area contributed by atoms with Crippen LogP contribution in [-0.4, -0.2) is 25.7 Å². The SMILES string of the molecule is CCCCCCNC(=O)OCOC(C)Oc1ccc(C(C(C)C)C(C)(C)C)cc1. The molecule has 5 heteroatoms. The van der Waals surface area contributed by atoms with E-state index in [9.17, 15) is 4.79 Å². The summed E-state index contributed by atoms with van der Waals surface area (Å²) in [4.78, 5) is 11.6. The Labute approximate surface area is 177 Å². The molecule has 2 unspecified atom stereocenters. The average Bonchev–Trinajstić information content (AvgIpc) is 2.61. The number of unbranched alkanes of at least 4 members (excludes halogenated alkanes) is 3. The van der Waals surface area contributed by atoms with E-state index in [1.807, 2.05) is 12.1 Å². The second kappa shape index (κ2) is 12.7. The summed E-state index contributed by atoms with van der Waals surface area (Å²) in [6.07, 6.45) is 3.47. The van der Waals surface area contributed by atoms with Crippen LogP contribution in [0.1, 0.15) is 85.6 Å². The maximum atomic E-state index is 11.6. The Morgan fingerprint density at radius 1 is 1.03 bits per heavy atom. The Bertz CT molecular complexity index is 578. The molecule has 0 bridgehead atoms. The predicted octanol–water partition coefficient (Wildman–Crippen LogP) is 6.48. The van der Waals surface area contributed by atoms with Gasteiger partial charge in [-0.3, -0.25) is 0 Å². The minimum absolute atomic E-state index is 0.139. The first-order chi connectivity index (χ1) is 13.6. The van der Waals surface area contributed by atoms with Gasteiger partial charge in [0.1, 0.15) is 5.75 Å². The molecule has 29 heavy (non-hydrogen) atoms. The minimum atomic E-state index is -0.512. The lowest BCUT2D eigenvalue weighted by atomic mass is 9.70. The van der Waals surface area contributed by atoms with E-state index in [0.717, 1.165) is 18.6 Å². The number of carbonyl (C=O) groups excluding carboxylic acids is 1. The van der Waals surface area contributed by atoms with E-state index in [0.29, 0.717) is 18.4 Å². The van der Waals surface area contributed by atoms with Crippen LogP contribution in [0.25, 0.3) is 0 Å². The van der Waals surface area contributed by atoms with Crippen molar-refractivity contribution in [2.24, 2.45) is 11.3 Å². The molecule has 0 radical (unpaired) electrons. The van der Waals surface area contributed by atoms with E-state index in [4.69, 9.17) is 14.2 Å². The van der Waals surface area contributed by atoms with Gasteiger partial charge in [-0.15, -0.1) is 0 Å². The molecule has 0 aliphatic heterocycles. The second-order valence-electron chi connectivity index (χ2n) is 9.05. The molecule has 0 spiro atoms. The lowest BCUT2D eigenvalue weighted by Gasteiger charge is -2.34. The van der Waals surface area contributed by atoms with Crippen LogP contribution in [0.3, 0.4) is 0 Å². The van der Waals surface area contributed by atoms with E-state index in [-0.39, 0.29) is 12.2 Å². The molecule has 0 aliphatic rings. The van der Waals surface area contributed by atoms with Crippen molar-refractivity contribution in [3.63, 3.8) is 0 Å². The molecule has 0 saturated heterocycles. The summed E-state index contributed by atoms with van der Waals surface area (Å²) in [5.41, 5.74) is 1.51. The first-order valence-electron chi connectivity index (χ1n) is 10.9. The Morgan fingerprint density at radius 3 is 2.24 bits per heavy atom. The number of nitrogens with one attached hydrogen (secondary N) is 1. The smallest absolute Gasteiger partial charge is 0.409 e. The molecule has 166 valence electrons. The number of ether oxygens (including phenoxy) is 3. The van der Waals surface area contributed by atoms with Gasteiger partial charge >= 0.3 is 6.09 Å². The van der Waals surface area contributed by atoms with Crippen molar-refractivity contribution in [2.75, 3.05) is 13.3 Å². The van der Waals surface area contributed by atoms with Gasteiger partial charge < -0.3 is 19.5 Å². The maximum Gasteiger partial charge on any atom is 0.409 e. The van der Waals surface area contributed by atoms with Crippen LogP contribution >= 0.6 is 0 Å². The third-order valence-corrected chi connectivity index (χ3v) is 4.93. The number of hydrogen-bond donors (Lipinski definition) is 1. The normalized spacial score (nSPS) is 13.8. The van der Waals surface area contributed by atoms with Gasteiger partial charge in [0.05, 0.1) is 0 Å². The minimum Gasteiger partial charge on any atom is -0.465 e. The quantitative estimate of drug-likeness (QED) is 0.318. The van der Waals surface area contributed by atoms with Crippen LogP contribution < -0.4 is 10.1 Å². The summed E-state index contributed by atoms with van der Waals surface area (Å²) in [6.45, 7) is 15.8. The highest BCUT2D eigenvalue weighted by Crippen LogP contribution is 2.40. The van der Waals surface area contributed by atoms with Gasteiger partial charge in [-0.25, -0.2) is 4.79 Å². The van der Waals surface area contributed by atoms with E-state index < -0.39 is 12.4 Å². The van der Waals surface area contributed by atoms with Crippen LogP contribution in [0, 0.1) is 11.3 Å². The molecule has 1 aromatic carbocycles. The Hall–Kier alpha value is -1.75. The zero-order valence-corrected chi connectivity index (χ0v) is 19.4. The van der Waals surface area contributed by atoms with Gasteiger partial charge in [0.15, 0.2) is 6.79 Å². The van der Waals surface area contributed by atoms with Crippen molar-refractivity contribution in [1.82, 2.24) is 5.32 Å². The maximum absolute atomic E-state index is 11.6. The molecule has 2 atom stereocenters. The zero-order chi connectivity index (χ0) is 21.9. The summed E-state index contributed by atoms with van der Waals surface area (Å²) < 4.78 is 16.2. The molecule has 0 fully saturated rings. The van der Waals surface area contributed by atoms with Crippen molar-refractivity contribution in [3.8, 4) is 5.75 Å². The van der Waals surface area contributed by atoms with Crippen molar-refractivity contribution in [1.29, 1.82) is 0 Å². The van der Waals surface area contributed by atoms with E-state index in [1.54, 1.807) is 6.92 Å². The highest BCUT2D eigenvalue weighted by Gasteiger charge is 2.28. The summed E-state index contributed by atoms with van der Waals surface area (Å²) in [6, 6.07) is 8.20. The van der Waals surface area contributed by atoms with Gasteiger partial charge in [0.2, 0.25) is 6.29 Å². The third-order valence-electron chi connectivity index (χ3n) is 4.93. The van der Waals surface area contributed by atoms with Gasteiger partial charge in [0, 0.05) is 6.54 Å². The average molecular weight is 408 g/mol. The first kappa shape index (κ1) is 25.3. The van der Waals surface area contributed by atoms with Crippen molar-refractivity contribution >= 4 is 6.09 Å². The van der Waals surface area contributed by atoms with Crippen LogP contribution in [0.4, 0.5) is 4.79 Å². The van der Waals surface area contributed by atoms with Crippen molar-refractivity contribution < 1.29 is 19.0 Å². The van der Waals surface area contributed by atoms with Gasteiger partial charge in [-0.2, -0.15) is 0 Å². The van der Waals surface area contributed by atoms with E-state index in [1.165, 1.54) is 18.4 Å². The molecular formula is C24H41NO4. The molecule has 0 saturated carbocycles. The molecule has 0 heterocycles. The number of alkyl carbamates (subject to hydrolysis) is 1. The highest BCUT2D eigenvalue weighted by atomic mass is 16.8. The number of benzene rings is 1. The standard InChI is InChI=1S/C24H41NO4/c1-8-9-10-11-16-25-23(26)28-17-27-19(4)29-21-14-12-20(13-15-21)22(18(2)3)24(5,6)7/h12-15,18-19,22H,8-11,16-17H2,1-7H3,(H,25,26). The van der Waals surface area contributed by atoms with E-state index in [2.05, 4.69) is 59.0 Å². The topological polar surface area (TPSA) is 56.8 Å². The fraction of sp³-hybridized carbons (Fsp3) is 0.708. The van der Waals surface area contributed by atoms with Crippen LogP contribution in [0.2, 0.25) is 0 Å². The van der Waals surface area contributed by atoms with Gasteiger partial charge in [-0.1, -0.05) is 72.9 Å². The lowest BCUT2D eigenvalue weighted by Crippen LogP contribution is -2.28. The largest absolute Gasteiger partial charge is 0.465 e. The molecule has 5 nitrogen and oxygen atoms in total. The summed E-state index contributed by atoms with van der Waals surface area (Å²) in [5, 5.41) is 2.72. The molecule has 1 rings (SSSR count). The van der Waals surface area contributed by atoms with Crippen LogP contribution in [0.15, 0.2) is 24.3 Å². The first-order valence-corrected chi connectivity index (χ1v) is 10.9. The predicted molar refractivity (Wildman–Crippen MR) is 118 cm³/mol. The van der Waals surface area contributed by atoms with E-state index >= 15 is 0 Å². The molecule has 1 N–H and O–H groups in total. The molecule has 0 aromatic heterocycles. The summed E-state index contributed by atoms with van der Waals surface area (Å²) in [5.74, 6) is 1.76. The van der Waals surface area contributed by atoms with Crippen LogP contribution in [0.5, 0.6) is 5.75 Å². The second-order valence-corrected chi connectivity index (χ2v) is 9.05. The van der Waals surface area contributed by atoms with Gasteiger partial charge in [-0.05, 0) is 48.3 Å². The van der Waals surface area contributed by atoms with Gasteiger partial charge in [0.25, 0.3) is 0 Å². The Morgan fingerprint density at radius 2 is 1.69 bits per heavy atom.